The van der Waals surface area contributed by atoms with Crippen LogP contribution in [0, 0.1) is 5.92 Å². The highest BCUT2D eigenvalue weighted by Gasteiger charge is 2.25. The number of esters is 1. The van der Waals surface area contributed by atoms with Gasteiger partial charge in [0.1, 0.15) is 17.9 Å². The molecule has 140 valence electrons. The normalized spacial score (nSPS) is 18.0. The number of aromatic nitrogens is 2. The van der Waals surface area contributed by atoms with Gasteiger partial charge in [0, 0.05) is 5.39 Å². The number of carbonyl (C=O) groups is 1. The minimum Gasteiger partial charge on any atom is -0.489 e. The summed E-state index contributed by atoms with van der Waals surface area (Å²) in [6.45, 7) is 7.38. The number of hydrogen-bond acceptors (Lipinski definition) is 5. The summed E-state index contributed by atoms with van der Waals surface area (Å²) in [5.41, 5.74) is 1.31. The highest BCUT2D eigenvalue weighted by Crippen LogP contribution is 2.31. The van der Waals surface area contributed by atoms with Crippen molar-refractivity contribution in [1.29, 1.82) is 0 Å². The molecule has 0 saturated carbocycles. The van der Waals surface area contributed by atoms with E-state index < -0.39 is 0 Å². The van der Waals surface area contributed by atoms with Crippen LogP contribution in [0.1, 0.15) is 43.1 Å². The van der Waals surface area contributed by atoms with Crippen LogP contribution in [-0.4, -0.2) is 53.5 Å². The molecule has 1 aromatic heterocycles. The Bertz CT molecular complexity index is 778. The molecule has 1 aromatic carbocycles. The van der Waals surface area contributed by atoms with Gasteiger partial charge in [-0.05, 0) is 50.9 Å². The Morgan fingerprint density at radius 2 is 2.15 bits per heavy atom. The fourth-order valence-corrected chi connectivity index (χ4v) is 3.90. The number of rotatable bonds is 6. The predicted molar refractivity (Wildman–Crippen MR) is 99.6 cm³/mol. The first-order chi connectivity index (χ1) is 12.8. The molecule has 2 aliphatic rings. The lowest BCUT2D eigenvalue weighted by atomic mass is 9.97. The first-order valence-electron chi connectivity index (χ1n) is 9.78. The maximum atomic E-state index is 12.6. The van der Waals surface area contributed by atoms with E-state index >= 15 is 0 Å². The average molecular weight is 357 g/mol. The fraction of sp³-hybridized carbons (Fsp3) is 0.600. The van der Waals surface area contributed by atoms with Crippen molar-refractivity contribution < 1.29 is 14.3 Å². The topological polar surface area (TPSA) is 56.6 Å². The standard InChI is InChI=1S/C20H27N3O3/c1-2-3-9-22-10-7-15(8-11-22)14-26-20(24)18-16-5-4-6-17-19(16)23(21-18)12-13-25-17/h4-6,15H,2-3,7-14H2,1H3. The second kappa shape index (κ2) is 7.66. The minimum absolute atomic E-state index is 0.318. The van der Waals surface area contributed by atoms with Gasteiger partial charge in [-0.1, -0.05) is 25.5 Å². The van der Waals surface area contributed by atoms with E-state index in [1.54, 1.807) is 0 Å². The Morgan fingerprint density at radius 1 is 1.31 bits per heavy atom. The van der Waals surface area contributed by atoms with E-state index in [9.17, 15) is 4.79 Å². The molecule has 1 saturated heterocycles. The molecule has 6 heteroatoms. The second-order valence-corrected chi connectivity index (χ2v) is 7.31. The van der Waals surface area contributed by atoms with Gasteiger partial charge in [0.25, 0.3) is 0 Å². The van der Waals surface area contributed by atoms with Gasteiger partial charge >= 0.3 is 5.97 Å². The second-order valence-electron chi connectivity index (χ2n) is 7.31. The third-order valence-electron chi connectivity index (χ3n) is 5.47. The summed E-state index contributed by atoms with van der Waals surface area (Å²) < 4.78 is 13.2. The third-order valence-corrected chi connectivity index (χ3v) is 5.47. The van der Waals surface area contributed by atoms with Crippen molar-refractivity contribution in [2.75, 3.05) is 32.8 Å². The van der Waals surface area contributed by atoms with E-state index in [2.05, 4.69) is 16.9 Å². The molecule has 0 radical (unpaired) electrons. The molecule has 6 nitrogen and oxygen atoms in total. The fourth-order valence-electron chi connectivity index (χ4n) is 3.90. The number of likely N-dealkylation sites (tertiary alicyclic amines) is 1. The molecular formula is C20H27N3O3. The number of hydrogen-bond donors (Lipinski definition) is 0. The zero-order valence-corrected chi connectivity index (χ0v) is 15.4. The van der Waals surface area contributed by atoms with Crippen LogP contribution in [0.5, 0.6) is 5.75 Å². The zero-order valence-electron chi connectivity index (χ0n) is 15.4. The molecule has 0 spiro atoms. The van der Waals surface area contributed by atoms with Crippen molar-refractivity contribution in [3.05, 3.63) is 23.9 Å². The lowest BCUT2D eigenvalue weighted by molar-refractivity contribution is 0.0366. The number of ether oxygens (including phenoxy) is 2. The molecule has 0 bridgehead atoms. The summed E-state index contributed by atoms with van der Waals surface area (Å²) in [7, 11) is 0. The SMILES string of the molecule is CCCCN1CCC(COC(=O)c2nn3c4c(cccc24)OCC3)CC1. The summed E-state index contributed by atoms with van der Waals surface area (Å²) in [6.07, 6.45) is 4.71. The van der Waals surface area contributed by atoms with Gasteiger partial charge < -0.3 is 14.4 Å². The molecule has 2 aliphatic heterocycles. The van der Waals surface area contributed by atoms with Crippen molar-refractivity contribution in [2.24, 2.45) is 5.92 Å². The molecular weight excluding hydrogens is 330 g/mol. The highest BCUT2D eigenvalue weighted by molar-refractivity contribution is 6.03. The van der Waals surface area contributed by atoms with E-state index in [1.165, 1.54) is 19.4 Å². The molecule has 26 heavy (non-hydrogen) atoms. The van der Waals surface area contributed by atoms with Crippen molar-refractivity contribution in [3.63, 3.8) is 0 Å². The van der Waals surface area contributed by atoms with Gasteiger partial charge in [-0.15, -0.1) is 0 Å². The largest absolute Gasteiger partial charge is 0.489 e. The van der Waals surface area contributed by atoms with Gasteiger partial charge in [0.2, 0.25) is 0 Å². The van der Waals surface area contributed by atoms with Gasteiger partial charge in [0.15, 0.2) is 5.69 Å². The summed E-state index contributed by atoms with van der Waals surface area (Å²) in [6, 6.07) is 5.73. The molecule has 3 heterocycles. The molecule has 0 N–H and O–H groups in total. The van der Waals surface area contributed by atoms with Crippen LogP contribution in [0.2, 0.25) is 0 Å². The van der Waals surface area contributed by atoms with Gasteiger partial charge in [-0.25, -0.2) is 4.79 Å². The van der Waals surface area contributed by atoms with E-state index in [0.29, 0.717) is 31.4 Å². The van der Waals surface area contributed by atoms with Gasteiger partial charge in [-0.2, -0.15) is 5.10 Å². The summed E-state index contributed by atoms with van der Waals surface area (Å²) in [5, 5.41) is 5.30. The first-order valence-corrected chi connectivity index (χ1v) is 9.78. The van der Waals surface area contributed by atoms with E-state index in [4.69, 9.17) is 9.47 Å². The van der Waals surface area contributed by atoms with Crippen LogP contribution >= 0.6 is 0 Å². The van der Waals surface area contributed by atoms with Crippen molar-refractivity contribution in [3.8, 4) is 5.75 Å². The lowest BCUT2D eigenvalue weighted by Gasteiger charge is -2.31. The molecule has 0 unspecified atom stereocenters. The smallest absolute Gasteiger partial charge is 0.359 e. The zero-order chi connectivity index (χ0) is 17.9. The molecule has 4 rings (SSSR count). The van der Waals surface area contributed by atoms with Crippen LogP contribution in [0.4, 0.5) is 0 Å². The van der Waals surface area contributed by atoms with Crippen LogP contribution in [0.3, 0.4) is 0 Å². The lowest BCUT2D eigenvalue weighted by Crippen LogP contribution is -2.36. The van der Waals surface area contributed by atoms with Crippen molar-refractivity contribution in [2.45, 2.75) is 39.2 Å². The number of piperidine rings is 1. The number of benzene rings is 1. The highest BCUT2D eigenvalue weighted by atomic mass is 16.5. The Hall–Kier alpha value is -2.08. The van der Waals surface area contributed by atoms with Crippen LogP contribution in [0.25, 0.3) is 10.9 Å². The Morgan fingerprint density at radius 3 is 2.96 bits per heavy atom. The Kier molecular flexibility index (Phi) is 5.11. The number of unbranched alkanes of at least 4 members (excludes halogenated alkanes) is 1. The third kappa shape index (κ3) is 3.43. The summed E-state index contributed by atoms with van der Waals surface area (Å²) >= 11 is 0. The van der Waals surface area contributed by atoms with Crippen molar-refractivity contribution in [1.82, 2.24) is 14.7 Å². The molecule has 0 atom stereocenters. The molecule has 2 aromatic rings. The number of nitrogens with zero attached hydrogens (tertiary/aromatic N) is 3. The number of carbonyl (C=O) groups excluding carboxylic acids is 1. The summed E-state index contributed by atoms with van der Waals surface area (Å²) in [5.74, 6) is 0.931. The van der Waals surface area contributed by atoms with Crippen LogP contribution < -0.4 is 4.74 Å². The monoisotopic (exact) mass is 357 g/mol. The Labute approximate surface area is 154 Å². The van der Waals surface area contributed by atoms with E-state index in [-0.39, 0.29) is 5.97 Å². The maximum absolute atomic E-state index is 12.6. The first kappa shape index (κ1) is 17.3. The maximum Gasteiger partial charge on any atom is 0.359 e. The quantitative estimate of drug-likeness (QED) is 0.744. The predicted octanol–water partition coefficient (Wildman–Crippen LogP) is 3.10. The van der Waals surface area contributed by atoms with E-state index in [1.807, 2.05) is 22.9 Å². The van der Waals surface area contributed by atoms with Gasteiger partial charge in [0.05, 0.1) is 13.2 Å². The molecule has 1 fully saturated rings. The van der Waals surface area contributed by atoms with Crippen LogP contribution in [0.15, 0.2) is 18.2 Å². The minimum atomic E-state index is -0.318. The van der Waals surface area contributed by atoms with Crippen LogP contribution in [-0.2, 0) is 11.3 Å². The Balaban J connectivity index is 1.37. The molecule has 0 amide bonds. The average Bonchev–Trinajstić information content (AvgIpc) is 3.06. The van der Waals surface area contributed by atoms with E-state index in [0.717, 1.165) is 42.6 Å². The summed E-state index contributed by atoms with van der Waals surface area (Å²) in [4.78, 5) is 15.1. The van der Waals surface area contributed by atoms with Gasteiger partial charge in [-0.3, -0.25) is 4.68 Å². The molecule has 0 aliphatic carbocycles. The van der Waals surface area contributed by atoms with Crippen molar-refractivity contribution >= 4 is 16.9 Å². The number of para-hydroxylation sites is 1.